The van der Waals surface area contributed by atoms with E-state index in [2.05, 4.69) is 90.0 Å². The maximum atomic E-state index is 11.8. The van der Waals surface area contributed by atoms with E-state index in [1.165, 1.54) is 48.2 Å². The van der Waals surface area contributed by atoms with E-state index in [0.717, 1.165) is 35.6 Å². The first-order chi connectivity index (χ1) is 31.5. The zero-order chi connectivity index (χ0) is 50.1. The quantitative estimate of drug-likeness (QED) is 0.0305. The lowest BCUT2D eigenvalue weighted by atomic mass is 9.87. The summed E-state index contributed by atoms with van der Waals surface area (Å²) in [6, 6.07) is 6.22. The molecule has 11 nitrogen and oxygen atoms in total. The minimum absolute atomic E-state index is 0.0300. The first-order valence-electron chi connectivity index (χ1n) is 24.2. The van der Waals surface area contributed by atoms with Gasteiger partial charge >= 0.3 is 0 Å². The van der Waals surface area contributed by atoms with Gasteiger partial charge in [0, 0.05) is 29.7 Å². The van der Waals surface area contributed by atoms with Crippen molar-refractivity contribution in [2.45, 2.75) is 148 Å². The number of ether oxygens (including phenoxy) is 7. The first kappa shape index (κ1) is 64.9. The summed E-state index contributed by atoms with van der Waals surface area (Å²) >= 11 is 1.68. The lowest BCUT2D eigenvalue weighted by Crippen LogP contribution is -2.44. The Morgan fingerprint density at radius 3 is 1.73 bits per heavy atom. The molecular weight excluding hydrogens is 853 g/mol. The van der Waals surface area contributed by atoms with Crippen LogP contribution in [0.3, 0.4) is 0 Å². The monoisotopic (exact) mass is 947 g/mol. The van der Waals surface area contributed by atoms with Gasteiger partial charge in [-0.15, -0.1) is 13.0 Å². The van der Waals surface area contributed by atoms with E-state index in [0.29, 0.717) is 98.8 Å². The molecule has 2 rings (SSSR count). The number of hydrogen-bond acceptors (Lipinski definition) is 10. The van der Waals surface area contributed by atoms with Crippen LogP contribution in [-0.2, 0) is 44.6 Å². The van der Waals surface area contributed by atoms with Crippen LogP contribution in [0.1, 0.15) is 146 Å². The smallest absolute Gasteiger partial charge is 0.238 e. The average Bonchev–Trinajstić information content (AvgIpc) is 4.07. The Bertz CT molecular complexity index is 1490. The maximum absolute atomic E-state index is 11.8. The number of rotatable bonds is 33. The van der Waals surface area contributed by atoms with Crippen LogP contribution in [0.15, 0.2) is 47.4 Å². The highest BCUT2D eigenvalue weighted by Gasteiger charge is 2.49. The Morgan fingerprint density at radius 1 is 0.833 bits per heavy atom. The second-order valence-electron chi connectivity index (χ2n) is 18.1. The molecule has 1 atom stereocenters. The lowest BCUT2D eigenvalue weighted by molar-refractivity contribution is -0.125. The molecule has 1 fully saturated rings. The summed E-state index contributed by atoms with van der Waals surface area (Å²) in [6.45, 7) is 38.1. The summed E-state index contributed by atoms with van der Waals surface area (Å²) in [5, 5.41) is 7.76. The number of terminal acetylenes is 1. The van der Waals surface area contributed by atoms with Crippen LogP contribution in [0.5, 0.6) is 5.75 Å². The molecule has 1 aromatic rings. The third kappa shape index (κ3) is 36.9. The molecule has 1 aliphatic carbocycles. The number of thioether (sulfide) groups is 1. The Morgan fingerprint density at radius 2 is 1.33 bits per heavy atom. The number of carbonyl (C=O) groups is 2. The molecule has 66 heavy (non-hydrogen) atoms. The van der Waals surface area contributed by atoms with Gasteiger partial charge < -0.3 is 43.8 Å². The Balaban J connectivity index is 0. The van der Waals surface area contributed by atoms with Crippen molar-refractivity contribution in [3.05, 3.63) is 58.5 Å². The van der Waals surface area contributed by atoms with Crippen LogP contribution in [-0.4, -0.2) is 104 Å². The average molecular weight is 947 g/mol. The highest BCUT2D eigenvalue weighted by atomic mass is 32.2. The summed E-state index contributed by atoms with van der Waals surface area (Å²) in [4.78, 5) is 23.7. The predicted octanol–water partition coefficient (Wildman–Crippen LogP) is 11.6. The fraction of sp³-hybridized carbons (Fsp3) is 0.704. The number of benzene rings is 1. The molecule has 2 amide bonds. The largest absolute Gasteiger partial charge is 0.491 e. The summed E-state index contributed by atoms with van der Waals surface area (Å²) in [5.41, 5.74) is 3.99. The minimum Gasteiger partial charge on any atom is -0.491 e. The van der Waals surface area contributed by atoms with Crippen molar-refractivity contribution < 1.29 is 42.7 Å². The van der Waals surface area contributed by atoms with E-state index >= 15 is 0 Å². The number of carbonyl (C=O) groups excluding carboxylic acids is 2. The van der Waals surface area contributed by atoms with Gasteiger partial charge in [-0.05, 0) is 89.7 Å². The molecule has 2 N–H and O–H groups in total. The molecule has 1 aromatic carbocycles. The molecule has 0 spiro atoms. The summed E-state index contributed by atoms with van der Waals surface area (Å²) in [7, 11) is 0. The second kappa shape index (κ2) is 42.0. The second-order valence-corrected chi connectivity index (χ2v) is 19.0. The Labute approximate surface area is 407 Å². The molecule has 0 heterocycles. The van der Waals surface area contributed by atoms with E-state index in [4.69, 9.17) is 39.6 Å². The van der Waals surface area contributed by atoms with Crippen molar-refractivity contribution in [3.8, 4) is 18.1 Å². The number of unbranched alkanes of at least 4 members (excludes halogenated alkanes) is 3. The standard InChI is InChI=1S/C29H47NO8S.C12H19NO.C9H20.C4H8/c1-5-21-39-29(25(3)4)26-7-8-27(23-30-24-31)28(22-26)38-20-19-37-18-17-36-16-15-35-14-13-34-12-11-33-10-9-32-6-2;1-6-12(7-8-12)10(14)13-9(2)11(3,4)5;1-4-5-6-7-8-9(2)3;1-4(2)3/h5,7-8,21-22,24H,6,9-20,23H2,1-4H3,(H,30,31);1,9H,7-8H2,2-5H3,(H,13,14);9H,4-8H2,1-3H3;1H2,2-3H3/b21-5-;;;. The molecule has 1 aliphatic rings. The SMILES string of the molecule is C#CC1(C(=O)NC(C)C(C)(C)C)CC1.C/C=C\SC(=C(C)C)c1ccc(CNC=O)c(OCCOCCOCCOCCOCCOCCOCC)c1.C=C(C)C.CCCCCCC(C)C. The van der Waals surface area contributed by atoms with E-state index in [-0.39, 0.29) is 17.4 Å². The fourth-order valence-corrected chi connectivity index (χ4v) is 6.06. The minimum atomic E-state index is -0.473. The normalized spacial score (nSPS) is 12.9. The van der Waals surface area contributed by atoms with E-state index in [9.17, 15) is 9.59 Å². The molecular formula is C54H94N2O9S. The van der Waals surface area contributed by atoms with Crippen LogP contribution in [0, 0.1) is 29.1 Å². The lowest BCUT2D eigenvalue weighted by Gasteiger charge is -2.29. The molecule has 0 bridgehead atoms. The van der Waals surface area contributed by atoms with Gasteiger partial charge in [0.2, 0.25) is 12.3 Å². The number of hydrogen-bond donors (Lipinski definition) is 2. The Kier molecular flexibility index (Phi) is 41.3. The van der Waals surface area contributed by atoms with Gasteiger partial charge in [0.15, 0.2) is 0 Å². The van der Waals surface area contributed by atoms with Gasteiger partial charge in [0.05, 0.1) is 72.7 Å². The predicted molar refractivity (Wildman–Crippen MR) is 278 cm³/mol. The topological polar surface area (TPSA) is 123 Å². The molecule has 0 aliphatic heterocycles. The highest BCUT2D eigenvalue weighted by molar-refractivity contribution is 8.10. The summed E-state index contributed by atoms with van der Waals surface area (Å²) < 4.78 is 38.7. The third-order valence-corrected chi connectivity index (χ3v) is 11.1. The van der Waals surface area contributed by atoms with Crippen LogP contribution in [0.25, 0.3) is 4.91 Å². The summed E-state index contributed by atoms with van der Waals surface area (Å²) in [5.74, 6) is 4.26. The molecule has 0 radical (unpaired) electrons. The molecule has 0 aromatic heterocycles. The van der Waals surface area contributed by atoms with Gasteiger partial charge in [0.25, 0.3) is 0 Å². The zero-order valence-corrected chi connectivity index (χ0v) is 44.7. The maximum Gasteiger partial charge on any atom is 0.238 e. The van der Waals surface area contributed by atoms with Gasteiger partial charge in [-0.1, -0.05) is 121 Å². The Hall–Kier alpha value is -3.15. The molecule has 1 saturated carbocycles. The van der Waals surface area contributed by atoms with Gasteiger partial charge in [-0.2, -0.15) is 0 Å². The van der Waals surface area contributed by atoms with Crippen molar-refractivity contribution in [3.63, 3.8) is 0 Å². The van der Waals surface area contributed by atoms with Gasteiger partial charge in [-0.25, -0.2) is 0 Å². The van der Waals surface area contributed by atoms with E-state index in [1.54, 1.807) is 11.8 Å². The van der Waals surface area contributed by atoms with Crippen molar-refractivity contribution in [1.29, 1.82) is 0 Å². The fourth-order valence-electron chi connectivity index (χ4n) is 5.29. The van der Waals surface area contributed by atoms with E-state index in [1.807, 2.05) is 52.8 Å². The van der Waals surface area contributed by atoms with Crippen molar-refractivity contribution >= 4 is 29.0 Å². The number of allylic oxidation sites excluding steroid dienone is 3. The molecule has 1 unspecified atom stereocenters. The first-order valence-corrected chi connectivity index (χ1v) is 25.1. The number of nitrogens with one attached hydrogen (secondary N) is 2. The van der Waals surface area contributed by atoms with Gasteiger partial charge in [0.1, 0.15) is 17.8 Å². The molecule has 380 valence electrons. The van der Waals surface area contributed by atoms with E-state index < -0.39 is 5.41 Å². The van der Waals surface area contributed by atoms with Crippen molar-refractivity contribution in [2.24, 2.45) is 16.7 Å². The highest BCUT2D eigenvalue weighted by Crippen LogP contribution is 2.45. The zero-order valence-electron chi connectivity index (χ0n) is 43.8. The van der Waals surface area contributed by atoms with Gasteiger partial charge in [-0.3, -0.25) is 9.59 Å². The van der Waals surface area contributed by atoms with Crippen LogP contribution < -0.4 is 15.4 Å². The molecule has 0 saturated heterocycles. The van der Waals surface area contributed by atoms with Crippen molar-refractivity contribution in [2.75, 3.05) is 85.9 Å². The number of amides is 2. The molecule has 12 heteroatoms. The van der Waals surface area contributed by atoms with Crippen LogP contribution in [0.2, 0.25) is 0 Å². The van der Waals surface area contributed by atoms with Crippen LogP contribution >= 0.6 is 11.8 Å². The van der Waals surface area contributed by atoms with Crippen molar-refractivity contribution in [1.82, 2.24) is 10.6 Å². The third-order valence-electron chi connectivity index (χ3n) is 9.77. The summed E-state index contributed by atoms with van der Waals surface area (Å²) in [6.07, 6.45) is 16.8. The van der Waals surface area contributed by atoms with Crippen LogP contribution in [0.4, 0.5) is 0 Å².